The monoisotopic (exact) mass is 259 g/mol. The number of hydrogen-bond donors (Lipinski definition) is 1. The lowest BCUT2D eigenvalue weighted by atomic mass is 9.75. The Morgan fingerprint density at radius 3 is 2.37 bits per heavy atom. The van der Waals surface area contributed by atoms with Crippen LogP contribution in [0.25, 0.3) is 0 Å². The van der Waals surface area contributed by atoms with E-state index in [2.05, 4.69) is 5.32 Å². The molecule has 0 bridgehead atoms. The number of rotatable bonds is 3. The van der Waals surface area contributed by atoms with Crippen LogP contribution in [-0.4, -0.2) is 11.7 Å². The number of anilines is 1. The lowest BCUT2D eigenvalue weighted by Crippen LogP contribution is -2.35. The molecule has 1 aromatic carbocycles. The van der Waals surface area contributed by atoms with Crippen LogP contribution < -0.4 is 5.32 Å². The van der Waals surface area contributed by atoms with Crippen molar-refractivity contribution >= 4 is 17.4 Å². The van der Waals surface area contributed by atoms with Gasteiger partial charge in [-0.05, 0) is 31.9 Å². The van der Waals surface area contributed by atoms with Gasteiger partial charge in [-0.2, -0.15) is 0 Å². The zero-order valence-corrected chi connectivity index (χ0v) is 11.7. The van der Waals surface area contributed by atoms with Gasteiger partial charge in [-0.15, -0.1) is 0 Å². The van der Waals surface area contributed by atoms with Gasteiger partial charge in [0.15, 0.2) is 5.78 Å². The maximum atomic E-state index is 12.4. The molecule has 1 saturated carbocycles. The summed E-state index contributed by atoms with van der Waals surface area (Å²) in [5.41, 5.74) is 0.921. The number of benzene rings is 1. The largest absolute Gasteiger partial charge is 0.325 e. The SMILES string of the molecule is CC(=O)c1ccccc1NC(=O)C1(C)CCCCC1. The fourth-order valence-corrected chi connectivity index (χ4v) is 2.73. The Bertz CT molecular complexity index is 487. The first kappa shape index (κ1) is 13.8. The molecule has 0 spiro atoms. The number of amides is 1. The summed E-state index contributed by atoms with van der Waals surface area (Å²) in [6.07, 6.45) is 5.30. The number of hydrogen-bond acceptors (Lipinski definition) is 2. The molecule has 0 unspecified atom stereocenters. The average Bonchev–Trinajstić information content (AvgIpc) is 2.40. The van der Waals surface area contributed by atoms with Gasteiger partial charge < -0.3 is 5.32 Å². The number of carbonyl (C=O) groups excluding carboxylic acids is 2. The third kappa shape index (κ3) is 3.03. The van der Waals surface area contributed by atoms with Crippen LogP contribution in [-0.2, 0) is 4.79 Å². The van der Waals surface area contributed by atoms with Gasteiger partial charge in [0.1, 0.15) is 0 Å². The molecule has 3 heteroatoms. The first-order chi connectivity index (χ1) is 9.03. The van der Waals surface area contributed by atoms with Crippen molar-refractivity contribution in [2.75, 3.05) is 5.32 Å². The molecule has 0 aliphatic heterocycles. The van der Waals surface area contributed by atoms with Crippen molar-refractivity contribution in [1.29, 1.82) is 0 Å². The lowest BCUT2D eigenvalue weighted by Gasteiger charge is -2.32. The van der Waals surface area contributed by atoms with E-state index < -0.39 is 0 Å². The van der Waals surface area contributed by atoms with Crippen molar-refractivity contribution < 1.29 is 9.59 Å². The molecule has 0 radical (unpaired) electrons. The number of carbonyl (C=O) groups is 2. The van der Waals surface area contributed by atoms with Crippen LogP contribution in [0.1, 0.15) is 56.3 Å². The Morgan fingerprint density at radius 1 is 1.11 bits per heavy atom. The third-order valence-electron chi connectivity index (χ3n) is 4.06. The zero-order chi connectivity index (χ0) is 13.9. The fourth-order valence-electron chi connectivity index (χ4n) is 2.73. The van der Waals surface area contributed by atoms with Crippen LogP contribution in [0.4, 0.5) is 5.69 Å². The Labute approximate surface area is 114 Å². The Hall–Kier alpha value is -1.64. The van der Waals surface area contributed by atoms with E-state index in [0.29, 0.717) is 11.3 Å². The van der Waals surface area contributed by atoms with Crippen molar-refractivity contribution in [3.05, 3.63) is 29.8 Å². The van der Waals surface area contributed by atoms with Crippen LogP contribution in [0, 0.1) is 5.41 Å². The highest BCUT2D eigenvalue weighted by Crippen LogP contribution is 2.37. The minimum atomic E-state index is -0.290. The van der Waals surface area contributed by atoms with Gasteiger partial charge in [-0.3, -0.25) is 9.59 Å². The van der Waals surface area contributed by atoms with E-state index in [1.165, 1.54) is 13.3 Å². The molecule has 2 rings (SSSR count). The molecule has 0 heterocycles. The molecule has 102 valence electrons. The van der Waals surface area contributed by atoms with Gasteiger partial charge in [0.05, 0.1) is 5.69 Å². The highest BCUT2D eigenvalue weighted by Gasteiger charge is 2.34. The number of nitrogens with one attached hydrogen (secondary N) is 1. The maximum Gasteiger partial charge on any atom is 0.230 e. The second-order valence-corrected chi connectivity index (χ2v) is 5.68. The molecule has 1 fully saturated rings. The van der Waals surface area contributed by atoms with Crippen LogP contribution in [0.3, 0.4) is 0 Å². The van der Waals surface area contributed by atoms with Gasteiger partial charge in [0.25, 0.3) is 0 Å². The fraction of sp³-hybridized carbons (Fsp3) is 0.500. The number of ketones is 1. The van der Waals surface area contributed by atoms with Crippen molar-refractivity contribution in [2.45, 2.75) is 46.0 Å². The van der Waals surface area contributed by atoms with E-state index in [9.17, 15) is 9.59 Å². The Kier molecular flexibility index (Phi) is 4.03. The van der Waals surface area contributed by atoms with Crippen molar-refractivity contribution in [3.8, 4) is 0 Å². The Morgan fingerprint density at radius 2 is 1.74 bits per heavy atom. The van der Waals surface area contributed by atoms with Crippen molar-refractivity contribution in [2.24, 2.45) is 5.41 Å². The minimum Gasteiger partial charge on any atom is -0.325 e. The summed E-state index contributed by atoms with van der Waals surface area (Å²) < 4.78 is 0. The van der Waals surface area contributed by atoms with Crippen LogP contribution in [0.5, 0.6) is 0 Å². The van der Waals surface area contributed by atoms with E-state index in [0.717, 1.165) is 25.7 Å². The summed E-state index contributed by atoms with van der Waals surface area (Å²) in [5, 5.41) is 2.94. The molecular weight excluding hydrogens is 238 g/mol. The number of para-hydroxylation sites is 1. The molecule has 0 atom stereocenters. The molecule has 1 aliphatic rings. The van der Waals surface area contributed by atoms with Gasteiger partial charge >= 0.3 is 0 Å². The standard InChI is InChI=1S/C16H21NO2/c1-12(18)13-8-4-5-9-14(13)17-15(19)16(2)10-6-3-7-11-16/h4-5,8-9H,3,6-7,10-11H2,1-2H3,(H,17,19). The first-order valence-electron chi connectivity index (χ1n) is 6.94. The van der Waals surface area contributed by atoms with E-state index >= 15 is 0 Å². The second kappa shape index (κ2) is 5.55. The highest BCUT2D eigenvalue weighted by molar-refractivity contribution is 6.04. The summed E-state index contributed by atoms with van der Waals surface area (Å²) >= 11 is 0. The predicted molar refractivity (Wildman–Crippen MR) is 76.3 cm³/mol. The Balaban J connectivity index is 2.17. The van der Waals surface area contributed by atoms with Crippen LogP contribution in [0.2, 0.25) is 0 Å². The highest BCUT2D eigenvalue weighted by atomic mass is 16.2. The van der Waals surface area contributed by atoms with Gasteiger partial charge in [0, 0.05) is 11.0 Å². The van der Waals surface area contributed by atoms with E-state index in [1.807, 2.05) is 19.1 Å². The summed E-state index contributed by atoms with van der Waals surface area (Å²) in [7, 11) is 0. The third-order valence-corrected chi connectivity index (χ3v) is 4.06. The van der Waals surface area contributed by atoms with E-state index in [-0.39, 0.29) is 17.1 Å². The van der Waals surface area contributed by atoms with Gasteiger partial charge in [-0.1, -0.05) is 38.3 Å². The summed E-state index contributed by atoms with van der Waals surface area (Å²) in [6, 6.07) is 7.20. The summed E-state index contributed by atoms with van der Waals surface area (Å²) in [5.74, 6) is 0.0191. The smallest absolute Gasteiger partial charge is 0.230 e. The van der Waals surface area contributed by atoms with Crippen molar-refractivity contribution in [3.63, 3.8) is 0 Å². The van der Waals surface area contributed by atoms with E-state index in [1.54, 1.807) is 12.1 Å². The molecule has 0 saturated heterocycles. The zero-order valence-electron chi connectivity index (χ0n) is 11.7. The average molecular weight is 259 g/mol. The molecule has 1 aliphatic carbocycles. The van der Waals surface area contributed by atoms with Gasteiger partial charge in [-0.25, -0.2) is 0 Å². The summed E-state index contributed by atoms with van der Waals surface area (Å²) in [6.45, 7) is 3.55. The van der Waals surface area contributed by atoms with E-state index in [4.69, 9.17) is 0 Å². The quantitative estimate of drug-likeness (QED) is 0.839. The normalized spacial score (nSPS) is 17.8. The molecule has 0 aromatic heterocycles. The molecule has 1 aromatic rings. The summed E-state index contributed by atoms with van der Waals surface area (Å²) in [4.78, 5) is 24.0. The molecule has 1 N–H and O–H groups in total. The van der Waals surface area contributed by atoms with Crippen LogP contribution in [0.15, 0.2) is 24.3 Å². The molecule has 3 nitrogen and oxygen atoms in total. The molecule has 1 amide bonds. The minimum absolute atomic E-state index is 0.0234. The predicted octanol–water partition coefficient (Wildman–Crippen LogP) is 3.80. The number of Topliss-reactive ketones (excluding diaryl/α,β-unsaturated/α-hetero) is 1. The van der Waals surface area contributed by atoms with Crippen molar-refractivity contribution in [1.82, 2.24) is 0 Å². The topological polar surface area (TPSA) is 46.2 Å². The van der Waals surface area contributed by atoms with Gasteiger partial charge in [0.2, 0.25) is 5.91 Å². The maximum absolute atomic E-state index is 12.4. The first-order valence-corrected chi connectivity index (χ1v) is 6.94. The second-order valence-electron chi connectivity index (χ2n) is 5.68. The van der Waals surface area contributed by atoms with Crippen LogP contribution >= 0.6 is 0 Å². The lowest BCUT2D eigenvalue weighted by molar-refractivity contribution is -0.126. The molecule has 19 heavy (non-hydrogen) atoms. The molecular formula is C16H21NO2.